The predicted octanol–water partition coefficient (Wildman–Crippen LogP) is 3.28. The van der Waals surface area contributed by atoms with Gasteiger partial charge in [0.15, 0.2) is 0 Å². The topological polar surface area (TPSA) is 54.9 Å². The second kappa shape index (κ2) is 4.74. The van der Waals surface area contributed by atoms with Crippen molar-refractivity contribution in [1.29, 1.82) is 0 Å². The van der Waals surface area contributed by atoms with Crippen LogP contribution in [0.1, 0.15) is 45.5 Å². The first kappa shape index (κ1) is 12.3. The molecule has 0 atom stereocenters. The molecule has 0 spiro atoms. The summed E-state index contributed by atoms with van der Waals surface area (Å²) >= 11 is 1.50. The highest BCUT2D eigenvalue weighted by Crippen LogP contribution is 2.40. The summed E-state index contributed by atoms with van der Waals surface area (Å²) in [6.45, 7) is 3.84. The van der Waals surface area contributed by atoms with E-state index < -0.39 is 0 Å². The van der Waals surface area contributed by atoms with Gasteiger partial charge in [-0.1, -0.05) is 0 Å². The molecule has 2 aromatic rings. The van der Waals surface area contributed by atoms with Crippen LogP contribution in [0, 0.1) is 13.8 Å². The van der Waals surface area contributed by atoms with Crippen LogP contribution in [-0.2, 0) is 0 Å². The largest absolute Gasteiger partial charge is 0.312 e. The summed E-state index contributed by atoms with van der Waals surface area (Å²) in [4.78, 5) is 21.0. The summed E-state index contributed by atoms with van der Waals surface area (Å²) in [5.41, 5.74) is 2.49. The van der Waals surface area contributed by atoms with Crippen molar-refractivity contribution >= 4 is 22.2 Å². The average Bonchev–Trinajstić information content (AvgIpc) is 3.17. The van der Waals surface area contributed by atoms with Gasteiger partial charge in [-0.05, 0) is 38.8 Å². The van der Waals surface area contributed by atoms with Crippen LogP contribution in [0.15, 0.2) is 18.3 Å². The summed E-state index contributed by atoms with van der Waals surface area (Å²) in [7, 11) is 0. The zero-order valence-electron chi connectivity index (χ0n) is 10.9. The Labute approximate surface area is 115 Å². The summed E-state index contributed by atoms with van der Waals surface area (Å²) in [6, 6.07) is 3.66. The van der Waals surface area contributed by atoms with Gasteiger partial charge in [0, 0.05) is 12.1 Å². The molecular weight excluding hydrogens is 258 g/mol. The summed E-state index contributed by atoms with van der Waals surface area (Å²) in [5.74, 6) is 0.382. The molecule has 0 aliphatic heterocycles. The van der Waals surface area contributed by atoms with Crippen molar-refractivity contribution in [3.8, 4) is 0 Å². The summed E-state index contributed by atoms with van der Waals surface area (Å²) in [5, 5.41) is 4.73. The fraction of sp³-hybridized carbons (Fsp3) is 0.357. The third kappa shape index (κ3) is 2.51. The van der Waals surface area contributed by atoms with E-state index in [1.807, 2.05) is 26.0 Å². The van der Waals surface area contributed by atoms with Gasteiger partial charge in [0.25, 0.3) is 5.91 Å². The van der Waals surface area contributed by atoms with Crippen molar-refractivity contribution in [3.05, 3.63) is 40.3 Å². The van der Waals surface area contributed by atoms with Crippen molar-refractivity contribution in [2.24, 2.45) is 0 Å². The van der Waals surface area contributed by atoms with Crippen LogP contribution >= 0.6 is 11.3 Å². The molecule has 0 aromatic carbocycles. The van der Waals surface area contributed by atoms with Gasteiger partial charge in [0.1, 0.15) is 5.00 Å². The SMILES string of the molecule is Cc1nc(C)c(NC(=O)c2cccnc2C2CC2)s1. The maximum absolute atomic E-state index is 12.4. The van der Waals surface area contributed by atoms with Gasteiger partial charge in [-0.2, -0.15) is 0 Å². The minimum atomic E-state index is -0.0817. The third-order valence-corrected chi connectivity index (χ3v) is 4.17. The second-order valence-corrected chi connectivity index (χ2v) is 6.02. The standard InChI is InChI=1S/C14H15N3OS/c1-8-14(19-9(2)16-8)17-13(18)11-4-3-7-15-12(11)10-5-6-10/h3-4,7,10H,5-6H2,1-2H3,(H,17,18). The van der Waals surface area contributed by atoms with Crippen LogP contribution in [-0.4, -0.2) is 15.9 Å². The number of anilines is 1. The lowest BCUT2D eigenvalue weighted by atomic mass is 10.1. The van der Waals surface area contributed by atoms with Gasteiger partial charge < -0.3 is 5.32 Å². The van der Waals surface area contributed by atoms with Crippen LogP contribution in [0.2, 0.25) is 0 Å². The number of nitrogens with one attached hydrogen (secondary N) is 1. The Hall–Kier alpha value is -1.75. The van der Waals surface area contributed by atoms with E-state index in [4.69, 9.17) is 0 Å². The molecule has 98 valence electrons. The number of hydrogen-bond donors (Lipinski definition) is 1. The molecule has 0 radical (unpaired) electrons. The minimum Gasteiger partial charge on any atom is -0.312 e. The Kier molecular flexibility index (Phi) is 3.06. The summed E-state index contributed by atoms with van der Waals surface area (Å²) < 4.78 is 0. The van der Waals surface area contributed by atoms with Gasteiger partial charge in [-0.25, -0.2) is 4.98 Å². The van der Waals surface area contributed by atoms with Gasteiger partial charge >= 0.3 is 0 Å². The van der Waals surface area contributed by atoms with Crippen LogP contribution in [0.3, 0.4) is 0 Å². The molecule has 0 bridgehead atoms. The van der Waals surface area contributed by atoms with E-state index in [-0.39, 0.29) is 5.91 Å². The normalized spacial score (nSPS) is 14.4. The first-order chi connectivity index (χ1) is 9.15. The van der Waals surface area contributed by atoms with E-state index in [0.29, 0.717) is 11.5 Å². The summed E-state index contributed by atoms with van der Waals surface area (Å²) in [6.07, 6.45) is 4.03. The number of aromatic nitrogens is 2. The molecule has 1 saturated carbocycles. The van der Waals surface area contributed by atoms with E-state index in [0.717, 1.165) is 34.2 Å². The maximum Gasteiger partial charge on any atom is 0.258 e. The number of aryl methyl sites for hydroxylation is 2. The fourth-order valence-corrected chi connectivity index (χ4v) is 2.92. The van der Waals surface area contributed by atoms with Gasteiger partial charge in [-0.3, -0.25) is 9.78 Å². The quantitative estimate of drug-likeness (QED) is 0.933. The molecule has 2 heterocycles. The zero-order chi connectivity index (χ0) is 13.4. The van der Waals surface area contributed by atoms with Crippen LogP contribution < -0.4 is 5.32 Å². The van der Waals surface area contributed by atoms with Gasteiger partial charge in [-0.15, -0.1) is 11.3 Å². The molecule has 1 aliphatic carbocycles. The molecule has 1 N–H and O–H groups in total. The number of pyridine rings is 1. The molecule has 1 amide bonds. The Morgan fingerprint density at radius 3 is 2.84 bits per heavy atom. The molecule has 4 nitrogen and oxygen atoms in total. The number of rotatable bonds is 3. The molecule has 0 saturated heterocycles. The van der Waals surface area contributed by atoms with Crippen molar-refractivity contribution in [1.82, 2.24) is 9.97 Å². The number of nitrogens with zero attached hydrogens (tertiary/aromatic N) is 2. The Bertz CT molecular complexity index is 631. The third-order valence-electron chi connectivity index (χ3n) is 3.18. The van der Waals surface area contributed by atoms with E-state index in [1.165, 1.54) is 11.3 Å². The monoisotopic (exact) mass is 273 g/mol. The Morgan fingerprint density at radius 1 is 1.42 bits per heavy atom. The zero-order valence-corrected chi connectivity index (χ0v) is 11.8. The fourth-order valence-electron chi connectivity index (χ4n) is 2.11. The minimum absolute atomic E-state index is 0.0817. The number of carbonyl (C=O) groups excluding carboxylic acids is 1. The van der Waals surface area contributed by atoms with Crippen molar-refractivity contribution in [2.45, 2.75) is 32.6 Å². The van der Waals surface area contributed by atoms with E-state index >= 15 is 0 Å². The first-order valence-electron chi connectivity index (χ1n) is 6.35. The number of amides is 1. The lowest BCUT2D eigenvalue weighted by molar-refractivity contribution is 0.102. The molecule has 3 rings (SSSR count). The van der Waals surface area contributed by atoms with E-state index in [2.05, 4.69) is 15.3 Å². The average molecular weight is 273 g/mol. The number of thiazole rings is 1. The number of hydrogen-bond acceptors (Lipinski definition) is 4. The van der Waals surface area contributed by atoms with E-state index in [1.54, 1.807) is 6.20 Å². The van der Waals surface area contributed by atoms with Crippen molar-refractivity contribution in [3.63, 3.8) is 0 Å². The highest BCUT2D eigenvalue weighted by molar-refractivity contribution is 7.16. The molecule has 2 aromatic heterocycles. The highest BCUT2D eigenvalue weighted by Gasteiger charge is 2.29. The smallest absolute Gasteiger partial charge is 0.258 e. The molecule has 0 unspecified atom stereocenters. The maximum atomic E-state index is 12.4. The lowest BCUT2D eigenvalue weighted by Gasteiger charge is -2.07. The molecule has 5 heteroatoms. The van der Waals surface area contributed by atoms with Gasteiger partial charge in [0.05, 0.1) is 22.0 Å². The second-order valence-electron chi connectivity index (χ2n) is 4.81. The van der Waals surface area contributed by atoms with Crippen LogP contribution in [0.5, 0.6) is 0 Å². The molecule has 1 fully saturated rings. The molecular formula is C14H15N3OS. The molecule has 1 aliphatic rings. The van der Waals surface area contributed by atoms with E-state index in [9.17, 15) is 4.79 Å². The number of carbonyl (C=O) groups is 1. The highest BCUT2D eigenvalue weighted by atomic mass is 32.1. The van der Waals surface area contributed by atoms with Crippen molar-refractivity contribution in [2.75, 3.05) is 5.32 Å². The predicted molar refractivity (Wildman–Crippen MR) is 75.8 cm³/mol. The first-order valence-corrected chi connectivity index (χ1v) is 7.17. The molecule has 19 heavy (non-hydrogen) atoms. The van der Waals surface area contributed by atoms with Gasteiger partial charge in [0.2, 0.25) is 0 Å². The van der Waals surface area contributed by atoms with Crippen molar-refractivity contribution < 1.29 is 4.79 Å². The van der Waals surface area contributed by atoms with Crippen LogP contribution in [0.25, 0.3) is 0 Å². The Balaban J connectivity index is 1.86. The Morgan fingerprint density at radius 2 is 2.21 bits per heavy atom. The lowest BCUT2D eigenvalue weighted by Crippen LogP contribution is -2.14. The van der Waals surface area contributed by atoms with Crippen LogP contribution in [0.4, 0.5) is 5.00 Å².